The van der Waals surface area contributed by atoms with E-state index in [0.717, 1.165) is 44.4 Å². The highest BCUT2D eigenvalue weighted by molar-refractivity contribution is 6.09. The van der Waals surface area contributed by atoms with Gasteiger partial charge in [0.1, 0.15) is 0 Å². The van der Waals surface area contributed by atoms with Gasteiger partial charge in [0.05, 0.1) is 16.8 Å². The monoisotopic (exact) mass is 800 g/mol. The summed E-state index contributed by atoms with van der Waals surface area (Å²) in [7, 11) is 0. The zero-order chi connectivity index (χ0) is 41.7. The average Bonchev–Trinajstić information content (AvgIpc) is 3.69. The molecule has 0 spiro atoms. The molecule has 1 aliphatic carbocycles. The number of nitrogens with zero attached hydrogens (tertiary/aromatic N) is 2. The molecule has 2 nitrogen and oxygen atoms in total. The first-order valence-electron chi connectivity index (χ1n) is 21.7. The number of hydrogen-bond donors (Lipinski definition) is 0. The standard InChI is InChI=1S/C61H40N2/c1-5-20-42(21-6-1)56-40-57(43-22-7-2-8-23-43)63-60(62-56)53-37-36-48(51-31-15-16-32-52(51)53)44-24-17-25-45(39-44)50-33-18-34-54-59(50)58-49-30-14-13-19-41(49)35-38-55(58)61(54,46-26-9-3-10-27-46)47-28-11-4-12-29-47/h1-40H. The molecule has 0 atom stereocenters. The van der Waals surface area contributed by atoms with Gasteiger partial charge in [-0.2, -0.15) is 0 Å². The molecule has 0 fully saturated rings. The molecule has 10 aromatic carbocycles. The molecule has 0 aliphatic heterocycles. The van der Waals surface area contributed by atoms with Crippen molar-refractivity contribution in [1.29, 1.82) is 0 Å². The fourth-order valence-corrected chi connectivity index (χ4v) is 10.2. The SMILES string of the molecule is c1ccc(-c2cc(-c3ccccc3)nc(-c3ccc(-c4cccc(-c5cccc6c5-c5c(ccc7ccccc57)C6(c5ccccc5)c5ccccc5)c4)c4ccccc34)n2)cc1. The van der Waals surface area contributed by atoms with E-state index in [1.54, 1.807) is 0 Å². The summed E-state index contributed by atoms with van der Waals surface area (Å²) in [6, 6.07) is 87.8. The molecular weight excluding hydrogens is 761 g/mol. The molecule has 0 amide bonds. The third-order valence-electron chi connectivity index (χ3n) is 13.0. The maximum Gasteiger partial charge on any atom is 0.161 e. The van der Waals surface area contributed by atoms with Gasteiger partial charge in [0.25, 0.3) is 0 Å². The van der Waals surface area contributed by atoms with Gasteiger partial charge in [0.2, 0.25) is 0 Å². The molecule has 0 unspecified atom stereocenters. The van der Waals surface area contributed by atoms with Crippen LogP contribution in [0.1, 0.15) is 22.3 Å². The highest BCUT2D eigenvalue weighted by Gasteiger charge is 2.47. The van der Waals surface area contributed by atoms with Crippen LogP contribution in [0, 0.1) is 0 Å². The summed E-state index contributed by atoms with van der Waals surface area (Å²) < 4.78 is 0. The second-order valence-corrected chi connectivity index (χ2v) is 16.4. The van der Waals surface area contributed by atoms with E-state index < -0.39 is 5.41 Å². The van der Waals surface area contributed by atoms with Crippen molar-refractivity contribution < 1.29 is 0 Å². The van der Waals surface area contributed by atoms with E-state index in [2.05, 4.69) is 231 Å². The molecule has 0 saturated heterocycles. The first-order valence-corrected chi connectivity index (χ1v) is 21.7. The van der Waals surface area contributed by atoms with Crippen LogP contribution in [0.15, 0.2) is 243 Å². The lowest BCUT2D eigenvalue weighted by Crippen LogP contribution is -2.28. The summed E-state index contributed by atoms with van der Waals surface area (Å²) in [5.74, 6) is 0.706. The van der Waals surface area contributed by atoms with Crippen LogP contribution in [0.4, 0.5) is 0 Å². The molecule has 0 N–H and O–H groups in total. The molecule has 63 heavy (non-hydrogen) atoms. The maximum absolute atomic E-state index is 5.22. The molecule has 0 saturated carbocycles. The van der Waals surface area contributed by atoms with Crippen molar-refractivity contribution in [2.24, 2.45) is 0 Å². The molecule has 1 aliphatic rings. The van der Waals surface area contributed by atoms with Crippen LogP contribution in [-0.4, -0.2) is 9.97 Å². The van der Waals surface area contributed by atoms with E-state index in [1.165, 1.54) is 60.8 Å². The Morgan fingerprint density at radius 1 is 0.286 bits per heavy atom. The molecule has 1 aromatic heterocycles. The molecule has 12 rings (SSSR count). The quantitative estimate of drug-likeness (QED) is 0.160. The van der Waals surface area contributed by atoms with E-state index in [0.29, 0.717) is 5.82 Å². The van der Waals surface area contributed by atoms with Crippen LogP contribution in [-0.2, 0) is 5.41 Å². The van der Waals surface area contributed by atoms with E-state index in [-0.39, 0.29) is 0 Å². The van der Waals surface area contributed by atoms with Gasteiger partial charge in [0, 0.05) is 16.7 Å². The lowest BCUT2D eigenvalue weighted by atomic mass is 9.67. The normalized spacial score (nSPS) is 12.6. The Kier molecular flexibility index (Phi) is 8.76. The van der Waals surface area contributed by atoms with Gasteiger partial charge in [-0.3, -0.25) is 0 Å². The Balaban J connectivity index is 1.05. The van der Waals surface area contributed by atoms with Crippen molar-refractivity contribution >= 4 is 21.5 Å². The summed E-state index contributed by atoms with van der Waals surface area (Å²) in [4.78, 5) is 10.4. The Labute approximate surface area is 367 Å². The number of fused-ring (bicyclic) bond motifs is 6. The first kappa shape index (κ1) is 36.6. The third-order valence-corrected chi connectivity index (χ3v) is 13.0. The fraction of sp³-hybridized carbons (Fsp3) is 0.0164. The van der Waals surface area contributed by atoms with Crippen molar-refractivity contribution in [2.75, 3.05) is 0 Å². The van der Waals surface area contributed by atoms with Crippen LogP contribution in [0.2, 0.25) is 0 Å². The summed E-state index contributed by atoms with van der Waals surface area (Å²) >= 11 is 0. The zero-order valence-corrected chi connectivity index (χ0v) is 34.5. The fourth-order valence-electron chi connectivity index (χ4n) is 10.2. The van der Waals surface area contributed by atoms with Gasteiger partial charge in [-0.15, -0.1) is 0 Å². The molecule has 1 heterocycles. The van der Waals surface area contributed by atoms with Crippen molar-refractivity contribution in [3.05, 3.63) is 265 Å². The first-order chi connectivity index (χ1) is 31.3. The van der Waals surface area contributed by atoms with Crippen LogP contribution >= 0.6 is 0 Å². The van der Waals surface area contributed by atoms with Crippen molar-refractivity contribution in [1.82, 2.24) is 9.97 Å². The molecular formula is C61H40N2. The summed E-state index contributed by atoms with van der Waals surface area (Å²) in [6.45, 7) is 0. The Morgan fingerprint density at radius 3 is 1.40 bits per heavy atom. The Bertz CT molecular complexity index is 3390. The van der Waals surface area contributed by atoms with E-state index in [4.69, 9.17) is 9.97 Å². The second-order valence-electron chi connectivity index (χ2n) is 16.4. The predicted molar refractivity (Wildman–Crippen MR) is 262 cm³/mol. The van der Waals surface area contributed by atoms with Crippen LogP contribution in [0.5, 0.6) is 0 Å². The van der Waals surface area contributed by atoms with Crippen molar-refractivity contribution in [3.8, 4) is 67.3 Å². The third kappa shape index (κ3) is 5.95. The highest BCUT2D eigenvalue weighted by Crippen LogP contribution is 2.60. The van der Waals surface area contributed by atoms with E-state index in [1.807, 2.05) is 12.1 Å². The summed E-state index contributed by atoms with van der Waals surface area (Å²) in [6.07, 6.45) is 0. The van der Waals surface area contributed by atoms with E-state index >= 15 is 0 Å². The van der Waals surface area contributed by atoms with Gasteiger partial charge in [-0.25, -0.2) is 9.97 Å². The molecule has 11 aromatic rings. The lowest BCUT2D eigenvalue weighted by molar-refractivity contribution is 0.769. The zero-order valence-electron chi connectivity index (χ0n) is 34.5. The molecule has 0 bridgehead atoms. The van der Waals surface area contributed by atoms with Gasteiger partial charge < -0.3 is 0 Å². The number of benzene rings is 10. The van der Waals surface area contributed by atoms with Gasteiger partial charge >= 0.3 is 0 Å². The van der Waals surface area contributed by atoms with Crippen LogP contribution < -0.4 is 0 Å². The number of rotatable bonds is 7. The lowest BCUT2D eigenvalue weighted by Gasteiger charge is -2.34. The molecule has 0 radical (unpaired) electrons. The second kappa shape index (κ2) is 15.1. The van der Waals surface area contributed by atoms with Crippen molar-refractivity contribution in [2.45, 2.75) is 5.41 Å². The number of hydrogen-bond acceptors (Lipinski definition) is 2. The highest BCUT2D eigenvalue weighted by atomic mass is 14.9. The minimum Gasteiger partial charge on any atom is -0.228 e. The summed E-state index contributed by atoms with van der Waals surface area (Å²) in [5, 5.41) is 4.78. The smallest absolute Gasteiger partial charge is 0.161 e. The van der Waals surface area contributed by atoms with Crippen LogP contribution in [0.25, 0.3) is 88.8 Å². The average molecular weight is 801 g/mol. The summed E-state index contributed by atoms with van der Waals surface area (Å²) in [5.41, 5.74) is 16.9. The topological polar surface area (TPSA) is 25.8 Å². The van der Waals surface area contributed by atoms with Gasteiger partial charge in [-0.05, 0) is 95.4 Å². The number of aromatic nitrogens is 2. The minimum atomic E-state index is -0.503. The minimum absolute atomic E-state index is 0.503. The Hall–Kier alpha value is -8.20. The van der Waals surface area contributed by atoms with Crippen LogP contribution in [0.3, 0.4) is 0 Å². The Morgan fingerprint density at radius 2 is 0.762 bits per heavy atom. The largest absolute Gasteiger partial charge is 0.228 e. The van der Waals surface area contributed by atoms with Gasteiger partial charge in [-0.1, -0.05) is 224 Å². The molecule has 2 heteroatoms. The van der Waals surface area contributed by atoms with Gasteiger partial charge in [0.15, 0.2) is 5.82 Å². The predicted octanol–water partition coefficient (Wildman–Crippen LogP) is 15.5. The van der Waals surface area contributed by atoms with Crippen molar-refractivity contribution in [3.63, 3.8) is 0 Å². The maximum atomic E-state index is 5.22. The van der Waals surface area contributed by atoms with E-state index in [9.17, 15) is 0 Å². The molecule has 294 valence electrons.